The largest absolute Gasteiger partial charge is 0.462 e. The van der Waals surface area contributed by atoms with Gasteiger partial charge in [0.05, 0.1) is 12.3 Å². The Morgan fingerprint density at radius 3 is 2.47 bits per heavy atom. The maximum Gasteiger partial charge on any atom is 0.325 e. The molecule has 0 saturated carbocycles. The molecule has 10 nitrogen and oxygen atoms in total. The van der Waals surface area contributed by atoms with Gasteiger partial charge in [-0.05, 0) is 55.7 Å². The fourth-order valence-electron chi connectivity index (χ4n) is 3.03. The minimum Gasteiger partial charge on any atom is -0.462 e. The summed E-state index contributed by atoms with van der Waals surface area (Å²) >= 11 is 5.23. The van der Waals surface area contributed by atoms with Crippen LogP contribution in [0.4, 0.5) is 5.69 Å². The normalized spacial score (nSPS) is 25.6. The molecule has 1 aromatic carbocycles. The molecule has 1 heterocycles. The molecule has 1 aliphatic rings. The van der Waals surface area contributed by atoms with Crippen LogP contribution >= 0.6 is 19.8 Å². The van der Waals surface area contributed by atoms with Gasteiger partial charge in [-0.25, -0.2) is 0 Å². The summed E-state index contributed by atoms with van der Waals surface area (Å²) in [5.41, 5.74) is 0.693. The van der Waals surface area contributed by atoms with Crippen LogP contribution in [0.5, 0.6) is 5.75 Å². The van der Waals surface area contributed by atoms with E-state index in [2.05, 4.69) is 16.6 Å². The highest BCUT2D eigenvalue weighted by Crippen LogP contribution is 2.37. The van der Waals surface area contributed by atoms with Crippen LogP contribution in [-0.2, 0) is 9.30 Å². The molecular weight excluding hydrogens is 459 g/mol. The van der Waals surface area contributed by atoms with Gasteiger partial charge in [0.25, 0.3) is 0 Å². The Hall–Kier alpha value is -1.74. The number of nitrogens with one attached hydrogen (secondary N) is 2. The van der Waals surface area contributed by atoms with E-state index in [4.69, 9.17) is 37.9 Å². The summed E-state index contributed by atoms with van der Waals surface area (Å²) in [6.45, 7) is 0.697. The summed E-state index contributed by atoms with van der Waals surface area (Å²) in [5.74, 6) is 2.89. The van der Waals surface area contributed by atoms with Gasteiger partial charge >= 0.3 is 7.60 Å². The Morgan fingerprint density at radius 1 is 1.16 bits per heavy atom. The molecule has 0 amide bonds. The monoisotopic (exact) mass is 488 g/mol. The third-order valence-corrected chi connectivity index (χ3v) is 5.86. The van der Waals surface area contributed by atoms with E-state index in [1.165, 1.54) is 0 Å². The van der Waals surface area contributed by atoms with Crippen LogP contribution in [0, 0.1) is 12.3 Å². The Labute approximate surface area is 192 Å². The lowest BCUT2D eigenvalue weighted by Crippen LogP contribution is -2.59. The zero-order valence-electron chi connectivity index (χ0n) is 17.3. The van der Waals surface area contributed by atoms with E-state index in [0.717, 1.165) is 19.3 Å². The smallest absolute Gasteiger partial charge is 0.325 e. The highest BCUT2D eigenvalue weighted by Gasteiger charge is 2.45. The molecule has 12 heteroatoms. The number of rotatable bonds is 10. The van der Waals surface area contributed by atoms with Crippen molar-refractivity contribution < 1.29 is 39.1 Å². The molecule has 0 unspecified atom stereocenters. The molecule has 0 bridgehead atoms. The number of aliphatic hydroxyl groups excluding tert-OH is 3. The van der Waals surface area contributed by atoms with Crippen molar-refractivity contribution in [2.24, 2.45) is 0 Å². The van der Waals surface area contributed by atoms with E-state index in [9.17, 15) is 19.9 Å². The van der Waals surface area contributed by atoms with Gasteiger partial charge in [-0.2, -0.15) is 0 Å². The number of thiocarbonyl (C=S) groups is 1. The first-order valence-corrected chi connectivity index (χ1v) is 12.3. The molecule has 5 atom stereocenters. The fraction of sp³-hybridized carbons (Fsp3) is 0.550. The second-order valence-electron chi connectivity index (χ2n) is 7.38. The molecule has 2 rings (SSSR count). The SMILES string of the molecule is C#CCCCCNC(=S)Nc1ccc(O[C@H]2O[C@H](CCP(=O)(O)O)[C@@H](O)[C@H](O)[C@@H]2O)cc1. The molecule has 0 spiro atoms. The molecule has 1 aromatic rings. The first-order valence-electron chi connectivity index (χ1n) is 10.1. The molecule has 0 aromatic heterocycles. The number of hydrogen-bond donors (Lipinski definition) is 7. The first-order chi connectivity index (χ1) is 15.1. The Balaban J connectivity index is 1.89. The lowest BCUT2D eigenvalue weighted by Gasteiger charge is -2.40. The van der Waals surface area contributed by atoms with Crippen LogP contribution in [0.3, 0.4) is 0 Å². The van der Waals surface area contributed by atoms with Crippen LogP contribution < -0.4 is 15.4 Å². The first kappa shape index (κ1) is 26.5. The van der Waals surface area contributed by atoms with Crippen LogP contribution in [0.15, 0.2) is 24.3 Å². The zero-order chi connectivity index (χ0) is 23.7. The van der Waals surface area contributed by atoms with Gasteiger partial charge in [0.1, 0.15) is 24.1 Å². The van der Waals surface area contributed by atoms with E-state index in [1.54, 1.807) is 24.3 Å². The van der Waals surface area contributed by atoms with Gasteiger partial charge in [-0.1, -0.05) is 0 Å². The lowest BCUT2D eigenvalue weighted by atomic mass is 9.97. The highest BCUT2D eigenvalue weighted by molar-refractivity contribution is 7.80. The van der Waals surface area contributed by atoms with Crippen molar-refractivity contribution >= 4 is 30.6 Å². The summed E-state index contributed by atoms with van der Waals surface area (Å²) in [4.78, 5) is 18.1. The molecule has 7 N–H and O–H groups in total. The summed E-state index contributed by atoms with van der Waals surface area (Å²) in [7, 11) is -4.32. The fourth-order valence-corrected chi connectivity index (χ4v) is 3.84. The third-order valence-electron chi connectivity index (χ3n) is 4.77. The molecule has 0 radical (unpaired) electrons. The highest BCUT2D eigenvalue weighted by atomic mass is 32.1. The predicted molar refractivity (Wildman–Crippen MR) is 122 cm³/mol. The average Bonchev–Trinajstić information content (AvgIpc) is 2.74. The summed E-state index contributed by atoms with van der Waals surface area (Å²) < 4.78 is 22.1. The van der Waals surface area contributed by atoms with Crippen LogP contribution in [0.2, 0.25) is 0 Å². The van der Waals surface area contributed by atoms with Gasteiger partial charge in [-0.3, -0.25) is 4.57 Å². The Morgan fingerprint density at radius 2 is 1.84 bits per heavy atom. The maximum atomic E-state index is 11.1. The maximum absolute atomic E-state index is 11.1. The zero-order valence-corrected chi connectivity index (χ0v) is 19.0. The van der Waals surface area contributed by atoms with Crippen molar-refractivity contribution in [3.05, 3.63) is 24.3 Å². The molecule has 0 aliphatic carbocycles. The Kier molecular flexibility index (Phi) is 10.3. The molecule has 1 saturated heterocycles. The van der Waals surface area contributed by atoms with E-state index >= 15 is 0 Å². The second-order valence-corrected chi connectivity index (χ2v) is 9.56. The minimum atomic E-state index is -4.32. The predicted octanol–water partition coefficient (Wildman–Crippen LogP) is 0.531. The van der Waals surface area contributed by atoms with Crippen molar-refractivity contribution in [1.29, 1.82) is 0 Å². The van der Waals surface area contributed by atoms with Crippen LogP contribution in [-0.4, -0.2) is 73.6 Å². The van der Waals surface area contributed by atoms with E-state index in [1.807, 2.05) is 0 Å². The average molecular weight is 488 g/mol. The van der Waals surface area contributed by atoms with E-state index in [-0.39, 0.29) is 6.42 Å². The van der Waals surface area contributed by atoms with Crippen molar-refractivity contribution in [3.8, 4) is 18.1 Å². The van der Waals surface area contributed by atoms with E-state index in [0.29, 0.717) is 23.1 Å². The summed E-state index contributed by atoms with van der Waals surface area (Å²) in [6, 6.07) is 6.56. The molecular formula is C20H29N2O8PS. The van der Waals surface area contributed by atoms with Crippen LogP contribution in [0.1, 0.15) is 25.7 Å². The summed E-state index contributed by atoms with van der Waals surface area (Å²) in [5, 5.41) is 36.8. The third kappa shape index (κ3) is 8.65. The number of unbranched alkanes of at least 4 members (excludes halogenated alkanes) is 2. The number of hydrogen-bond acceptors (Lipinski definition) is 7. The van der Waals surface area contributed by atoms with Crippen molar-refractivity contribution in [2.75, 3.05) is 18.0 Å². The molecule has 1 fully saturated rings. The number of aliphatic hydroxyl groups is 3. The number of anilines is 1. The number of benzene rings is 1. The van der Waals surface area contributed by atoms with Gasteiger partial charge < -0.3 is 45.2 Å². The van der Waals surface area contributed by atoms with Gasteiger partial charge in [0.15, 0.2) is 5.11 Å². The minimum absolute atomic E-state index is 0.217. The molecule has 178 valence electrons. The summed E-state index contributed by atoms with van der Waals surface area (Å²) in [6.07, 6.45) is -0.118. The number of terminal acetylenes is 1. The number of ether oxygens (including phenoxy) is 2. The lowest BCUT2D eigenvalue weighted by molar-refractivity contribution is -0.272. The topological polar surface area (TPSA) is 161 Å². The molecule has 1 aliphatic heterocycles. The van der Waals surface area contributed by atoms with Gasteiger partial charge in [0.2, 0.25) is 6.29 Å². The Bertz CT molecular complexity index is 828. The van der Waals surface area contributed by atoms with Crippen molar-refractivity contribution in [3.63, 3.8) is 0 Å². The standard InChI is InChI=1S/C20H29N2O8PS/c1-2-3-4-5-11-21-20(32)22-13-6-8-14(9-7-13)29-19-18(25)17(24)16(23)15(30-19)10-12-31(26,27)28/h1,6-9,15-19,23-25H,3-5,10-12H2,(H2,21,22,32)(H2,26,27,28)/t15-,16-,17+,18+,19+/m1/s1. The van der Waals surface area contributed by atoms with Gasteiger partial charge in [0, 0.05) is 18.7 Å². The molecule has 32 heavy (non-hydrogen) atoms. The van der Waals surface area contributed by atoms with Crippen molar-refractivity contribution in [2.45, 2.75) is 56.4 Å². The second kappa shape index (κ2) is 12.5. The van der Waals surface area contributed by atoms with E-state index < -0.39 is 44.5 Å². The van der Waals surface area contributed by atoms with Crippen LogP contribution in [0.25, 0.3) is 0 Å². The van der Waals surface area contributed by atoms with Gasteiger partial charge in [-0.15, -0.1) is 12.3 Å². The van der Waals surface area contributed by atoms with Crippen molar-refractivity contribution in [1.82, 2.24) is 5.32 Å². The quantitative estimate of drug-likeness (QED) is 0.106.